The number of amides is 1. The largest absolute Gasteiger partial charge is 0.497 e. The summed E-state index contributed by atoms with van der Waals surface area (Å²) < 4.78 is 20.4. The Balaban J connectivity index is 1.59. The summed E-state index contributed by atoms with van der Waals surface area (Å²) in [6, 6.07) is 15.0. The fourth-order valence-electron chi connectivity index (χ4n) is 4.82. The van der Waals surface area contributed by atoms with Crippen molar-refractivity contribution in [3.05, 3.63) is 77.4 Å². The van der Waals surface area contributed by atoms with Gasteiger partial charge in [-0.2, -0.15) is 5.10 Å². The van der Waals surface area contributed by atoms with Crippen LogP contribution in [0.3, 0.4) is 0 Å². The predicted octanol–water partition coefficient (Wildman–Crippen LogP) is 4.49. The molecule has 0 bridgehead atoms. The van der Waals surface area contributed by atoms with E-state index in [9.17, 15) is 14.4 Å². The van der Waals surface area contributed by atoms with Crippen LogP contribution in [0.1, 0.15) is 43.4 Å². The topological polar surface area (TPSA) is 104 Å². The SMILES string of the molecule is CCOC(=O)/C=C/C(=O)OCC(=O)N1N=C2/C(=C\c3ccc(OC)cc3)CCC[C@H]2[C@@H]1c1ccc(OC)cc1. The molecule has 1 fully saturated rings. The second-order valence-electron chi connectivity index (χ2n) is 9.08. The number of esters is 2. The highest BCUT2D eigenvalue weighted by Gasteiger charge is 2.43. The Morgan fingerprint density at radius 3 is 2.15 bits per heavy atom. The van der Waals surface area contributed by atoms with Gasteiger partial charge in [0.05, 0.1) is 32.6 Å². The van der Waals surface area contributed by atoms with Crippen molar-refractivity contribution >= 4 is 29.6 Å². The van der Waals surface area contributed by atoms with Gasteiger partial charge in [-0.3, -0.25) is 4.79 Å². The van der Waals surface area contributed by atoms with Crippen molar-refractivity contribution in [2.24, 2.45) is 11.0 Å². The molecule has 2 aliphatic rings. The highest BCUT2D eigenvalue weighted by molar-refractivity contribution is 6.08. The van der Waals surface area contributed by atoms with Gasteiger partial charge in [-0.15, -0.1) is 0 Å². The highest BCUT2D eigenvalue weighted by Crippen LogP contribution is 2.44. The van der Waals surface area contributed by atoms with Crippen molar-refractivity contribution in [2.45, 2.75) is 32.2 Å². The van der Waals surface area contributed by atoms with Crippen LogP contribution in [0, 0.1) is 5.92 Å². The van der Waals surface area contributed by atoms with E-state index in [0.29, 0.717) is 5.75 Å². The third-order valence-electron chi connectivity index (χ3n) is 6.65. The molecule has 1 saturated carbocycles. The highest BCUT2D eigenvalue weighted by atomic mass is 16.5. The quantitative estimate of drug-likeness (QED) is 0.346. The zero-order valence-corrected chi connectivity index (χ0v) is 22.3. The number of nitrogens with zero attached hydrogens (tertiary/aromatic N) is 2. The number of rotatable bonds is 9. The van der Waals surface area contributed by atoms with Crippen molar-refractivity contribution in [1.29, 1.82) is 0 Å². The molecule has 1 heterocycles. The number of hydrogen-bond donors (Lipinski definition) is 0. The minimum Gasteiger partial charge on any atom is -0.497 e. The molecule has 0 N–H and O–H groups in total. The van der Waals surface area contributed by atoms with Crippen LogP contribution in [0.4, 0.5) is 0 Å². The minimum atomic E-state index is -0.818. The molecule has 9 nitrogen and oxygen atoms in total. The molecule has 4 rings (SSSR count). The normalized spacial score (nSPS) is 19.4. The summed E-state index contributed by atoms with van der Waals surface area (Å²) in [5, 5.41) is 6.22. The van der Waals surface area contributed by atoms with Crippen LogP contribution in [-0.2, 0) is 23.9 Å². The summed E-state index contributed by atoms with van der Waals surface area (Å²) in [4.78, 5) is 36.9. The van der Waals surface area contributed by atoms with Crippen molar-refractivity contribution in [2.75, 3.05) is 27.4 Å². The Hall–Kier alpha value is -4.40. The molecule has 1 aliphatic carbocycles. The Morgan fingerprint density at radius 2 is 1.54 bits per heavy atom. The van der Waals surface area contributed by atoms with E-state index in [1.165, 1.54) is 5.01 Å². The third-order valence-corrected chi connectivity index (χ3v) is 6.65. The number of carbonyl (C=O) groups is 3. The maximum absolute atomic E-state index is 13.3. The monoisotopic (exact) mass is 532 g/mol. The number of hydrazone groups is 1. The van der Waals surface area contributed by atoms with E-state index < -0.39 is 24.5 Å². The molecule has 0 saturated heterocycles. The van der Waals surface area contributed by atoms with E-state index in [1.54, 1.807) is 21.1 Å². The van der Waals surface area contributed by atoms with Gasteiger partial charge in [0, 0.05) is 18.1 Å². The van der Waals surface area contributed by atoms with Gasteiger partial charge < -0.3 is 18.9 Å². The maximum Gasteiger partial charge on any atom is 0.331 e. The van der Waals surface area contributed by atoms with Crippen LogP contribution in [0.2, 0.25) is 0 Å². The number of ether oxygens (including phenoxy) is 4. The second kappa shape index (κ2) is 12.9. The van der Waals surface area contributed by atoms with Crippen molar-refractivity contribution in [3.8, 4) is 11.5 Å². The Morgan fingerprint density at radius 1 is 0.923 bits per heavy atom. The first-order valence-electron chi connectivity index (χ1n) is 12.8. The number of methoxy groups -OCH3 is 2. The van der Waals surface area contributed by atoms with Crippen LogP contribution >= 0.6 is 0 Å². The third kappa shape index (κ3) is 6.73. The number of fused-ring (bicyclic) bond motifs is 1. The molecule has 39 heavy (non-hydrogen) atoms. The van der Waals surface area contributed by atoms with Gasteiger partial charge in [0.2, 0.25) is 0 Å². The van der Waals surface area contributed by atoms with Gasteiger partial charge >= 0.3 is 11.9 Å². The summed E-state index contributed by atoms with van der Waals surface area (Å²) in [6.45, 7) is 1.34. The minimum absolute atomic E-state index is 0.0139. The maximum atomic E-state index is 13.3. The van der Waals surface area contributed by atoms with E-state index in [2.05, 4.69) is 6.08 Å². The van der Waals surface area contributed by atoms with Gasteiger partial charge in [-0.1, -0.05) is 24.3 Å². The predicted molar refractivity (Wildman–Crippen MR) is 145 cm³/mol. The zero-order valence-electron chi connectivity index (χ0n) is 22.3. The summed E-state index contributed by atoms with van der Waals surface area (Å²) in [5.74, 6) is -0.464. The summed E-state index contributed by atoms with van der Waals surface area (Å²) in [6.07, 6.45) is 6.67. The van der Waals surface area contributed by atoms with Gasteiger partial charge in [0.15, 0.2) is 6.61 Å². The molecule has 0 spiro atoms. The lowest BCUT2D eigenvalue weighted by atomic mass is 9.77. The summed E-state index contributed by atoms with van der Waals surface area (Å²) in [5.41, 5.74) is 3.86. The second-order valence-corrected chi connectivity index (χ2v) is 9.08. The lowest BCUT2D eigenvalue weighted by Crippen LogP contribution is -2.34. The molecular weight excluding hydrogens is 500 g/mol. The number of carbonyl (C=O) groups excluding carboxylic acids is 3. The fraction of sp³-hybridized carbons (Fsp3) is 0.333. The molecule has 0 aromatic heterocycles. The van der Waals surface area contributed by atoms with E-state index in [1.807, 2.05) is 48.5 Å². The van der Waals surface area contributed by atoms with Crippen molar-refractivity contribution < 1.29 is 33.3 Å². The van der Waals surface area contributed by atoms with Crippen molar-refractivity contribution in [3.63, 3.8) is 0 Å². The average molecular weight is 533 g/mol. The average Bonchev–Trinajstić information content (AvgIpc) is 3.36. The van der Waals surface area contributed by atoms with Crippen LogP contribution in [0.5, 0.6) is 11.5 Å². The Bertz CT molecular complexity index is 1280. The first kappa shape index (κ1) is 27.6. The Labute approximate surface area is 227 Å². The van der Waals surface area contributed by atoms with Gasteiger partial charge in [0.25, 0.3) is 5.91 Å². The molecular formula is C30H32N2O7. The number of hydrogen-bond acceptors (Lipinski definition) is 8. The molecule has 2 aromatic carbocycles. The first-order chi connectivity index (χ1) is 18.9. The van der Waals surface area contributed by atoms with E-state index >= 15 is 0 Å². The van der Waals surface area contributed by atoms with Crippen LogP contribution in [-0.4, -0.2) is 56.0 Å². The van der Waals surface area contributed by atoms with E-state index in [0.717, 1.165) is 59.6 Å². The molecule has 0 unspecified atom stereocenters. The van der Waals surface area contributed by atoms with Gasteiger partial charge in [0.1, 0.15) is 11.5 Å². The van der Waals surface area contributed by atoms with E-state index in [-0.39, 0.29) is 18.6 Å². The van der Waals surface area contributed by atoms with Gasteiger partial charge in [-0.25, -0.2) is 14.6 Å². The molecule has 1 amide bonds. The van der Waals surface area contributed by atoms with Crippen LogP contribution < -0.4 is 9.47 Å². The zero-order chi connectivity index (χ0) is 27.8. The van der Waals surface area contributed by atoms with E-state index in [4.69, 9.17) is 24.0 Å². The van der Waals surface area contributed by atoms with Crippen LogP contribution in [0.25, 0.3) is 6.08 Å². The molecule has 9 heteroatoms. The summed E-state index contributed by atoms with van der Waals surface area (Å²) >= 11 is 0. The standard InChI is InChI=1S/C30H32N2O7/c1-4-38-27(34)16-17-28(35)39-19-26(33)32-30(21-10-14-24(37-3)15-11-21)25-7-5-6-22(29(25)31-32)18-20-8-12-23(36-2)13-9-20/h8-18,25,30H,4-7,19H2,1-3H3/b17-16+,22-18-/t25-,30+/m1/s1. The lowest BCUT2D eigenvalue weighted by Gasteiger charge is -2.29. The molecule has 1 aliphatic heterocycles. The lowest BCUT2D eigenvalue weighted by molar-refractivity contribution is -0.149. The first-order valence-corrected chi connectivity index (χ1v) is 12.8. The molecule has 0 radical (unpaired) electrons. The Kier molecular flexibility index (Phi) is 9.14. The number of benzene rings is 2. The molecule has 204 valence electrons. The van der Waals surface area contributed by atoms with Gasteiger partial charge in [-0.05, 0) is 73.2 Å². The number of allylic oxidation sites excluding steroid dienone is 1. The fourth-order valence-corrected chi connectivity index (χ4v) is 4.82. The molecule has 2 aromatic rings. The summed E-state index contributed by atoms with van der Waals surface area (Å²) in [7, 11) is 3.23. The molecule has 2 atom stereocenters. The van der Waals surface area contributed by atoms with Crippen LogP contribution in [0.15, 0.2) is 71.4 Å². The smallest absolute Gasteiger partial charge is 0.331 e. The van der Waals surface area contributed by atoms with Crippen molar-refractivity contribution in [1.82, 2.24) is 5.01 Å².